The third kappa shape index (κ3) is 3.11. The molecule has 0 saturated carbocycles. The first-order valence-electron chi connectivity index (χ1n) is 8.02. The molecule has 3 aromatic heterocycles. The second-order valence-electron chi connectivity index (χ2n) is 6.25. The van der Waals surface area contributed by atoms with Crippen LogP contribution in [0.5, 0.6) is 0 Å². The summed E-state index contributed by atoms with van der Waals surface area (Å²) in [6.07, 6.45) is 5.33. The van der Waals surface area contributed by atoms with E-state index in [-0.39, 0.29) is 17.2 Å². The highest BCUT2D eigenvalue weighted by Crippen LogP contribution is 2.34. The molecule has 0 N–H and O–H groups in total. The number of nitrogens with zero attached hydrogens (tertiary/aromatic N) is 4. The molecule has 0 radical (unpaired) electrons. The molecule has 3 aromatic rings. The molecule has 0 fully saturated rings. The van der Waals surface area contributed by atoms with Crippen LogP contribution in [-0.2, 0) is 19.8 Å². The van der Waals surface area contributed by atoms with Gasteiger partial charge in [-0.25, -0.2) is 9.78 Å². The van der Waals surface area contributed by atoms with E-state index in [1.807, 2.05) is 18.3 Å². The maximum absolute atomic E-state index is 12.8. The van der Waals surface area contributed by atoms with Crippen molar-refractivity contribution in [3.8, 4) is 0 Å². The Bertz CT molecular complexity index is 1040. The third-order valence-electron chi connectivity index (χ3n) is 4.18. The van der Waals surface area contributed by atoms with Gasteiger partial charge in [0, 0.05) is 43.3 Å². The molecule has 130 valence electrons. The van der Waals surface area contributed by atoms with Gasteiger partial charge < -0.3 is 0 Å². The molecule has 0 aliphatic heterocycles. The zero-order valence-electron chi connectivity index (χ0n) is 14.7. The van der Waals surface area contributed by atoms with Crippen LogP contribution in [0.25, 0.3) is 11.0 Å². The van der Waals surface area contributed by atoms with Crippen molar-refractivity contribution >= 4 is 22.8 Å². The Morgan fingerprint density at radius 3 is 2.56 bits per heavy atom. The van der Waals surface area contributed by atoms with Gasteiger partial charge in [0.15, 0.2) is 0 Å². The van der Waals surface area contributed by atoms with Crippen molar-refractivity contribution in [3.63, 3.8) is 0 Å². The summed E-state index contributed by atoms with van der Waals surface area (Å²) < 4.78 is 2.57. The van der Waals surface area contributed by atoms with Gasteiger partial charge in [-0.2, -0.15) is 0 Å². The number of pyridine rings is 2. The lowest BCUT2D eigenvalue weighted by Gasteiger charge is -2.16. The van der Waals surface area contributed by atoms with Gasteiger partial charge in [0.25, 0.3) is 5.56 Å². The van der Waals surface area contributed by atoms with Crippen molar-refractivity contribution < 1.29 is 0 Å². The molecule has 0 aromatic carbocycles. The zero-order chi connectivity index (χ0) is 18.1. The van der Waals surface area contributed by atoms with Crippen molar-refractivity contribution in [2.75, 3.05) is 0 Å². The van der Waals surface area contributed by atoms with Crippen LogP contribution in [0.1, 0.15) is 30.9 Å². The molecular formula is C18H20N4O2S. The normalized spacial score (nSPS) is 11.4. The predicted molar refractivity (Wildman–Crippen MR) is 100 cm³/mol. The molecule has 6 nitrogen and oxygen atoms in total. The molecule has 0 atom stereocenters. The summed E-state index contributed by atoms with van der Waals surface area (Å²) in [5, 5.41) is 0.504. The van der Waals surface area contributed by atoms with Crippen LogP contribution in [0.4, 0.5) is 0 Å². The third-order valence-corrected chi connectivity index (χ3v) is 5.38. The molecule has 0 bridgehead atoms. The average molecular weight is 356 g/mol. The van der Waals surface area contributed by atoms with Crippen molar-refractivity contribution in [3.05, 3.63) is 62.7 Å². The van der Waals surface area contributed by atoms with Gasteiger partial charge in [-0.3, -0.25) is 18.9 Å². The molecule has 0 aliphatic rings. The summed E-state index contributed by atoms with van der Waals surface area (Å²) in [5.41, 5.74) is 1.84. The van der Waals surface area contributed by atoms with Gasteiger partial charge >= 0.3 is 5.69 Å². The molecule has 0 aliphatic carbocycles. The van der Waals surface area contributed by atoms with Crippen LogP contribution >= 0.6 is 11.8 Å². The molecule has 7 heteroatoms. The monoisotopic (exact) mass is 356 g/mol. The lowest BCUT2D eigenvalue weighted by molar-refractivity contribution is 0.703. The Hall–Kier alpha value is -2.41. The fourth-order valence-corrected chi connectivity index (χ4v) is 3.98. The standard InChI is InChI=1S/C18H20N4O2S/c1-11(2)13-9-20-16-14(17(23)22(4)18(24)21(16)3)15(13)25-10-12-6-5-7-19-8-12/h5-9,11H,10H2,1-4H3. The number of aromatic nitrogens is 4. The van der Waals surface area contributed by atoms with Crippen LogP contribution in [0.3, 0.4) is 0 Å². The molecule has 0 spiro atoms. The van der Waals surface area contributed by atoms with Crippen LogP contribution in [0, 0.1) is 0 Å². The van der Waals surface area contributed by atoms with Crippen LogP contribution in [0.2, 0.25) is 0 Å². The van der Waals surface area contributed by atoms with Gasteiger partial charge in [-0.1, -0.05) is 19.9 Å². The van der Waals surface area contributed by atoms with Crippen molar-refractivity contribution in [2.24, 2.45) is 14.1 Å². The number of hydrogen-bond acceptors (Lipinski definition) is 5. The highest BCUT2D eigenvalue weighted by Gasteiger charge is 2.19. The zero-order valence-corrected chi connectivity index (χ0v) is 15.5. The van der Waals surface area contributed by atoms with Crippen molar-refractivity contribution in [1.82, 2.24) is 19.1 Å². The van der Waals surface area contributed by atoms with Gasteiger partial charge in [0.2, 0.25) is 0 Å². The van der Waals surface area contributed by atoms with E-state index in [0.717, 1.165) is 20.6 Å². The van der Waals surface area contributed by atoms with E-state index in [1.165, 1.54) is 11.6 Å². The summed E-state index contributed by atoms with van der Waals surface area (Å²) in [4.78, 5) is 34.4. The summed E-state index contributed by atoms with van der Waals surface area (Å²) in [5.74, 6) is 0.911. The second kappa shape index (κ2) is 6.84. The first-order chi connectivity index (χ1) is 11.9. The Morgan fingerprint density at radius 1 is 1.16 bits per heavy atom. The van der Waals surface area contributed by atoms with E-state index in [4.69, 9.17) is 0 Å². The summed E-state index contributed by atoms with van der Waals surface area (Å²) >= 11 is 1.59. The first kappa shape index (κ1) is 17.4. The van der Waals surface area contributed by atoms with Crippen LogP contribution in [0.15, 0.2) is 45.2 Å². The minimum atomic E-state index is -0.370. The molecular weight excluding hydrogens is 336 g/mol. The largest absolute Gasteiger partial charge is 0.332 e. The molecule has 3 rings (SSSR count). The molecule has 25 heavy (non-hydrogen) atoms. The predicted octanol–water partition coefficient (Wildman–Crippen LogP) is 2.44. The van der Waals surface area contributed by atoms with E-state index in [1.54, 1.807) is 31.2 Å². The molecule has 0 saturated heterocycles. The van der Waals surface area contributed by atoms with E-state index in [2.05, 4.69) is 23.8 Å². The van der Waals surface area contributed by atoms with Gasteiger partial charge in [0.1, 0.15) is 5.65 Å². The van der Waals surface area contributed by atoms with Gasteiger partial charge in [-0.05, 0) is 23.1 Å². The Morgan fingerprint density at radius 2 is 1.92 bits per heavy atom. The second-order valence-corrected chi connectivity index (χ2v) is 7.24. The summed E-state index contributed by atoms with van der Waals surface area (Å²) in [6, 6.07) is 3.90. The highest BCUT2D eigenvalue weighted by molar-refractivity contribution is 7.98. The number of hydrogen-bond donors (Lipinski definition) is 0. The highest BCUT2D eigenvalue weighted by atomic mass is 32.2. The summed E-state index contributed by atoms with van der Waals surface area (Å²) in [7, 11) is 3.14. The van der Waals surface area contributed by atoms with Crippen molar-refractivity contribution in [1.29, 1.82) is 0 Å². The molecule has 0 unspecified atom stereocenters. The van der Waals surface area contributed by atoms with Gasteiger partial charge in [-0.15, -0.1) is 11.8 Å². The van der Waals surface area contributed by atoms with E-state index < -0.39 is 0 Å². The maximum Gasteiger partial charge on any atom is 0.332 e. The number of thioether (sulfide) groups is 1. The van der Waals surface area contributed by atoms with Crippen LogP contribution < -0.4 is 11.2 Å². The van der Waals surface area contributed by atoms with E-state index in [9.17, 15) is 9.59 Å². The fourth-order valence-electron chi connectivity index (χ4n) is 2.72. The number of aryl methyl sites for hydroxylation is 1. The first-order valence-corrected chi connectivity index (χ1v) is 9.00. The van der Waals surface area contributed by atoms with Gasteiger partial charge in [0.05, 0.1) is 5.39 Å². The topological polar surface area (TPSA) is 69.8 Å². The Kier molecular flexibility index (Phi) is 4.76. The maximum atomic E-state index is 12.8. The minimum absolute atomic E-state index is 0.218. The number of fused-ring (bicyclic) bond motifs is 1. The average Bonchev–Trinajstić information content (AvgIpc) is 2.62. The van der Waals surface area contributed by atoms with Crippen molar-refractivity contribution in [2.45, 2.75) is 30.4 Å². The smallest absolute Gasteiger partial charge is 0.280 e. The Balaban J connectivity index is 2.24. The van der Waals surface area contributed by atoms with E-state index >= 15 is 0 Å². The number of rotatable bonds is 4. The Labute approximate surface area is 149 Å². The SMILES string of the molecule is CC(C)c1cnc2c(c1SCc1cccnc1)c(=O)n(C)c(=O)n2C. The fraction of sp³-hybridized carbons (Fsp3) is 0.333. The minimum Gasteiger partial charge on any atom is -0.280 e. The van der Waals surface area contributed by atoms with E-state index in [0.29, 0.717) is 16.8 Å². The molecule has 0 amide bonds. The van der Waals surface area contributed by atoms with Crippen LogP contribution in [-0.4, -0.2) is 19.1 Å². The summed E-state index contributed by atoms with van der Waals surface area (Å²) in [6.45, 7) is 4.15. The lowest BCUT2D eigenvalue weighted by Crippen LogP contribution is -2.37. The molecule has 3 heterocycles. The lowest BCUT2D eigenvalue weighted by atomic mass is 10.0. The quantitative estimate of drug-likeness (QED) is 0.672.